The Bertz CT molecular complexity index is 722. The molecule has 28 heavy (non-hydrogen) atoms. The highest BCUT2D eigenvalue weighted by atomic mass is 32.1. The van der Waals surface area contributed by atoms with Crippen LogP contribution in [-0.2, 0) is 12.0 Å². The van der Waals surface area contributed by atoms with Crippen LogP contribution < -0.4 is 10.6 Å². The molecule has 0 heterocycles. The summed E-state index contributed by atoms with van der Waals surface area (Å²) in [5.41, 5.74) is 2.96. The minimum absolute atomic E-state index is 0.143. The van der Waals surface area contributed by atoms with Crippen molar-refractivity contribution in [3.8, 4) is 0 Å². The molecule has 0 amide bonds. The van der Waals surface area contributed by atoms with Gasteiger partial charge in [0.05, 0.1) is 0 Å². The molecule has 1 saturated carbocycles. The van der Waals surface area contributed by atoms with E-state index < -0.39 is 0 Å². The lowest BCUT2D eigenvalue weighted by Gasteiger charge is -2.46. The molecule has 0 radical (unpaired) electrons. The van der Waals surface area contributed by atoms with Crippen LogP contribution in [0, 0.1) is 0 Å². The van der Waals surface area contributed by atoms with Crippen molar-refractivity contribution in [1.82, 2.24) is 15.5 Å². The van der Waals surface area contributed by atoms with Gasteiger partial charge in [-0.05, 0) is 76.0 Å². The fourth-order valence-electron chi connectivity index (χ4n) is 4.36. The predicted molar refractivity (Wildman–Crippen MR) is 123 cm³/mol. The van der Waals surface area contributed by atoms with E-state index in [-0.39, 0.29) is 5.54 Å². The third-order valence-corrected chi connectivity index (χ3v) is 6.35. The van der Waals surface area contributed by atoms with E-state index in [0.29, 0.717) is 6.04 Å². The molecule has 1 fully saturated rings. The fourth-order valence-corrected chi connectivity index (χ4v) is 4.63. The summed E-state index contributed by atoms with van der Waals surface area (Å²) in [6.45, 7) is 0.916. The first-order valence-corrected chi connectivity index (χ1v) is 10.8. The van der Waals surface area contributed by atoms with E-state index in [1.165, 1.54) is 11.1 Å². The van der Waals surface area contributed by atoms with Crippen molar-refractivity contribution in [2.45, 2.75) is 50.1 Å². The van der Waals surface area contributed by atoms with Crippen LogP contribution >= 0.6 is 12.2 Å². The van der Waals surface area contributed by atoms with Crippen LogP contribution in [0.5, 0.6) is 0 Å². The van der Waals surface area contributed by atoms with Crippen molar-refractivity contribution >= 4 is 17.3 Å². The molecule has 2 N–H and O–H groups in total. The molecule has 0 atom stereocenters. The smallest absolute Gasteiger partial charge is 0.166 e. The summed E-state index contributed by atoms with van der Waals surface area (Å²) in [5, 5.41) is 7.73. The zero-order valence-corrected chi connectivity index (χ0v) is 18.0. The van der Waals surface area contributed by atoms with E-state index in [2.05, 4.69) is 90.3 Å². The number of benzene rings is 2. The van der Waals surface area contributed by atoms with Gasteiger partial charge in [0, 0.05) is 18.1 Å². The van der Waals surface area contributed by atoms with Gasteiger partial charge >= 0.3 is 0 Å². The quantitative estimate of drug-likeness (QED) is 0.534. The first-order chi connectivity index (χ1) is 13.6. The summed E-state index contributed by atoms with van der Waals surface area (Å²) in [6, 6.07) is 22.0. The highest BCUT2D eigenvalue weighted by Gasteiger charge is 2.38. The van der Waals surface area contributed by atoms with Crippen LogP contribution in [0.15, 0.2) is 60.7 Å². The number of aryl methyl sites for hydroxylation is 1. The Morgan fingerprint density at radius 1 is 1.00 bits per heavy atom. The third-order valence-electron chi connectivity index (χ3n) is 6.09. The van der Waals surface area contributed by atoms with Gasteiger partial charge in [0.1, 0.15) is 0 Å². The van der Waals surface area contributed by atoms with Gasteiger partial charge in [0.25, 0.3) is 0 Å². The normalized spacial score (nSPS) is 22.0. The average Bonchev–Trinajstić information content (AvgIpc) is 2.73. The molecule has 3 nitrogen and oxygen atoms in total. The monoisotopic (exact) mass is 395 g/mol. The van der Waals surface area contributed by atoms with Gasteiger partial charge in [0.15, 0.2) is 5.11 Å². The summed E-state index contributed by atoms with van der Waals surface area (Å²) in [7, 11) is 4.42. The Labute approximate surface area is 175 Å². The van der Waals surface area contributed by atoms with E-state index in [9.17, 15) is 0 Å². The van der Waals surface area contributed by atoms with Crippen LogP contribution in [0.25, 0.3) is 0 Å². The molecule has 0 aliphatic heterocycles. The molecule has 4 heteroatoms. The maximum absolute atomic E-state index is 5.53. The molecule has 1 aliphatic carbocycles. The summed E-state index contributed by atoms with van der Waals surface area (Å²) in [6.07, 6.45) is 6.75. The van der Waals surface area contributed by atoms with Crippen LogP contribution in [0.4, 0.5) is 0 Å². The Morgan fingerprint density at radius 2 is 1.61 bits per heavy atom. The molecule has 0 saturated heterocycles. The van der Waals surface area contributed by atoms with Crippen molar-refractivity contribution < 1.29 is 0 Å². The molecule has 0 unspecified atom stereocenters. The van der Waals surface area contributed by atoms with Crippen molar-refractivity contribution in [1.29, 1.82) is 0 Å². The molecule has 3 rings (SSSR count). The average molecular weight is 396 g/mol. The molecule has 2 aromatic carbocycles. The van der Waals surface area contributed by atoms with E-state index in [1.807, 2.05) is 0 Å². The molecule has 0 bridgehead atoms. The Morgan fingerprint density at radius 3 is 2.21 bits per heavy atom. The lowest BCUT2D eigenvalue weighted by molar-refractivity contribution is 0.0888. The van der Waals surface area contributed by atoms with E-state index in [4.69, 9.17) is 12.2 Å². The predicted octanol–water partition coefficient (Wildman–Crippen LogP) is 4.48. The lowest BCUT2D eigenvalue weighted by atomic mass is 9.74. The van der Waals surface area contributed by atoms with Gasteiger partial charge < -0.3 is 10.6 Å². The number of hydrogen-bond acceptors (Lipinski definition) is 2. The zero-order chi connectivity index (χ0) is 19.8. The van der Waals surface area contributed by atoms with E-state index in [0.717, 1.165) is 50.2 Å². The van der Waals surface area contributed by atoms with Gasteiger partial charge in [0.2, 0.25) is 0 Å². The Hall–Kier alpha value is -1.91. The minimum atomic E-state index is 0.143. The number of thiocarbonyl (C=S) groups is 1. The number of hydrogen-bond donors (Lipinski definition) is 2. The lowest BCUT2D eigenvalue weighted by Crippen LogP contribution is -2.50. The second-order valence-electron chi connectivity index (χ2n) is 8.06. The molecule has 0 aromatic heterocycles. The summed E-state index contributed by atoms with van der Waals surface area (Å²) < 4.78 is 0. The first kappa shape index (κ1) is 20.8. The second kappa shape index (κ2) is 10.0. The zero-order valence-electron chi connectivity index (χ0n) is 17.2. The molecule has 1 aliphatic rings. The minimum Gasteiger partial charge on any atom is -0.363 e. The van der Waals surface area contributed by atoms with E-state index >= 15 is 0 Å². The van der Waals surface area contributed by atoms with Crippen LogP contribution in [0.1, 0.15) is 43.2 Å². The number of nitrogens with one attached hydrogen (secondary N) is 2. The largest absolute Gasteiger partial charge is 0.363 e. The van der Waals surface area contributed by atoms with Crippen LogP contribution in [0.3, 0.4) is 0 Å². The van der Waals surface area contributed by atoms with Crippen LogP contribution in [-0.4, -0.2) is 36.7 Å². The van der Waals surface area contributed by atoms with Gasteiger partial charge in [-0.3, -0.25) is 4.90 Å². The van der Waals surface area contributed by atoms with Gasteiger partial charge in [-0.1, -0.05) is 60.7 Å². The molecule has 150 valence electrons. The van der Waals surface area contributed by atoms with Crippen LogP contribution in [0.2, 0.25) is 0 Å². The van der Waals surface area contributed by atoms with Gasteiger partial charge in [-0.2, -0.15) is 0 Å². The first-order valence-electron chi connectivity index (χ1n) is 10.4. The molecule has 2 aromatic rings. The third kappa shape index (κ3) is 5.33. The Balaban J connectivity index is 1.42. The highest BCUT2D eigenvalue weighted by Crippen LogP contribution is 2.40. The standard InChI is InChI=1S/C24H33N3S/c1-27(2)24(21-13-7-4-8-14-21)17-15-22(16-18-24)26-23(28)25-19-9-12-20-10-5-3-6-11-20/h3-8,10-11,13-14,22H,9,12,15-19H2,1-2H3,(H2,25,26,28). The molecular formula is C24H33N3S. The molecular weight excluding hydrogens is 362 g/mol. The highest BCUT2D eigenvalue weighted by molar-refractivity contribution is 7.80. The van der Waals surface area contributed by atoms with Gasteiger partial charge in [-0.15, -0.1) is 0 Å². The number of nitrogens with zero attached hydrogens (tertiary/aromatic N) is 1. The maximum atomic E-state index is 5.53. The summed E-state index contributed by atoms with van der Waals surface area (Å²) in [5.74, 6) is 0. The topological polar surface area (TPSA) is 27.3 Å². The number of rotatable bonds is 7. The van der Waals surface area contributed by atoms with Crippen molar-refractivity contribution in [2.75, 3.05) is 20.6 Å². The second-order valence-corrected chi connectivity index (χ2v) is 8.46. The van der Waals surface area contributed by atoms with Crippen molar-refractivity contribution in [3.63, 3.8) is 0 Å². The summed E-state index contributed by atoms with van der Waals surface area (Å²) >= 11 is 5.53. The maximum Gasteiger partial charge on any atom is 0.166 e. The molecule has 0 spiro atoms. The van der Waals surface area contributed by atoms with Crippen molar-refractivity contribution in [2.24, 2.45) is 0 Å². The van der Waals surface area contributed by atoms with Crippen molar-refractivity contribution in [3.05, 3.63) is 71.8 Å². The summed E-state index contributed by atoms with van der Waals surface area (Å²) in [4.78, 5) is 2.40. The SMILES string of the molecule is CN(C)C1(c2ccccc2)CCC(NC(=S)NCCCc2ccccc2)CC1. The Kier molecular flexibility index (Phi) is 7.46. The van der Waals surface area contributed by atoms with Gasteiger partial charge in [-0.25, -0.2) is 0 Å². The fraction of sp³-hybridized carbons (Fsp3) is 0.458. The van der Waals surface area contributed by atoms with E-state index in [1.54, 1.807) is 0 Å².